The Morgan fingerprint density at radius 2 is 1.65 bits per heavy atom. The Balaban J connectivity index is 2.15. The normalized spacial score (nSPS) is 10.3. The molecule has 23 heavy (non-hydrogen) atoms. The maximum atomic E-state index is 12.2. The number of aryl methyl sites for hydroxylation is 2. The Bertz CT molecular complexity index is 725. The molecule has 0 aliphatic carbocycles. The lowest BCUT2D eigenvalue weighted by Crippen LogP contribution is -2.12. The van der Waals surface area contributed by atoms with E-state index >= 15 is 0 Å². The van der Waals surface area contributed by atoms with E-state index in [9.17, 15) is 4.79 Å². The maximum absolute atomic E-state index is 12.2. The van der Waals surface area contributed by atoms with Crippen LogP contribution in [0.2, 0.25) is 0 Å². The Kier molecular flexibility index (Phi) is 5.66. The minimum Gasteiger partial charge on any atom is -0.493 e. The third kappa shape index (κ3) is 4.26. The van der Waals surface area contributed by atoms with Crippen molar-refractivity contribution >= 4 is 21.9 Å². The first-order chi connectivity index (χ1) is 10.9. The van der Waals surface area contributed by atoms with Gasteiger partial charge in [-0.25, -0.2) is 0 Å². The molecule has 0 aliphatic heterocycles. The van der Waals surface area contributed by atoms with Crippen LogP contribution >= 0.6 is 15.9 Å². The van der Waals surface area contributed by atoms with Crippen LogP contribution in [0.3, 0.4) is 0 Å². The van der Waals surface area contributed by atoms with Crippen molar-refractivity contribution in [3.8, 4) is 17.2 Å². The van der Waals surface area contributed by atoms with Gasteiger partial charge in [0.25, 0.3) is 0 Å². The highest BCUT2D eigenvalue weighted by molar-refractivity contribution is 9.10. The molecule has 0 spiro atoms. The molecule has 0 amide bonds. The van der Waals surface area contributed by atoms with Gasteiger partial charge in [-0.1, -0.05) is 22.0 Å². The molecule has 0 atom stereocenters. The molecule has 0 unspecified atom stereocenters. The van der Waals surface area contributed by atoms with Gasteiger partial charge in [-0.15, -0.1) is 0 Å². The lowest BCUT2D eigenvalue weighted by molar-refractivity contribution is -0.133. The number of carbonyl (C=O) groups excluding carboxylic acids is 1. The number of esters is 1. The molecule has 0 aliphatic rings. The summed E-state index contributed by atoms with van der Waals surface area (Å²) in [6, 6.07) is 9.13. The molecule has 0 saturated carbocycles. The topological polar surface area (TPSA) is 44.8 Å². The van der Waals surface area contributed by atoms with Gasteiger partial charge in [0.1, 0.15) is 5.75 Å². The summed E-state index contributed by atoms with van der Waals surface area (Å²) < 4.78 is 16.7. The van der Waals surface area contributed by atoms with Gasteiger partial charge in [-0.05, 0) is 54.8 Å². The molecule has 0 saturated heterocycles. The number of halogens is 1. The van der Waals surface area contributed by atoms with Crippen LogP contribution in [0, 0.1) is 13.8 Å². The third-order valence-electron chi connectivity index (χ3n) is 3.60. The number of hydrogen-bond acceptors (Lipinski definition) is 4. The van der Waals surface area contributed by atoms with Crippen molar-refractivity contribution in [3.63, 3.8) is 0 Å². The van der Waals surface area contributed by atoms with Crippen molar-refractivity contribution in [1.29, 1.82) is 0 Å². The first kappa shape index (κ1) is 17.3. The van der Waals surface area contributed by atoms with Crippen LogP contribution in [0.4, 0.5) is 0 Å². The molecule has 0 aromatic heterocycles. The van der Waals surface area contributed by atoms with Crippen molar-refractivity contribution < 1.29 is 19.0 Å². The van der Waals surface area contributed by atoms with Gasteiger partial charge >= 0.3 is 5.97 Å². The summed E-state index contributed by atoms with van der Waals surface area (Å²) in [5, 5.41) is 0. The van der Waals surface area contributed by atoms with Crippen LogP contribution in [0.5, 0.6) is 17.2 Å². The van der Waals surface area contributed by atoms with Crippen LogP contribution in [0.15, 0.2) is 34.8 Å². The number of carbonyl (C=O) groups is 1. The van der Waals surface area contributed by atoms with Crippen molar-refractivity contribution in [3.05, 3.63) is 51.5 Å². The fraction of sp³-hybridized carbons (Fsp3) is 0.278. The largest absolute Gasteiger partial charge is 0.493 e. The Morgan fingerprint density at radius 1 is 1.00 bits per heavy atom. The van der Waals surface area contributed by atoms with Gasteiger partial charge < -0.3 is 14.2 Å². The van der Waals surface area contributed by atoms with Gasteiger partial charge in [-0.3, -0.25) is 4.79 Å². The highest BCUT2D eigenvalue weighted by Crippen LogP contribution is 2.33. The zero-order valence-corrected chi connectivity index (χ0v) is 15.2. The molecular formula is C18H19BrO4. The van der Waals surface area contributed by atoms with Crippen molar-refractivity contribution in [2.24, 2.45) is 0 Å². The van der Waals surface area contributed by atoms with E-state index in [1.165, 1.54) is 0 Å². The molecule has 2 rings (SSSR count). The second kappa shape index (κ2) is 7.51. The molecule has 0 heterocycles. The first-order valence-corrected chi connectivity index (χ1v) is 7.92. The molecule has 5 heteroatoms. The molecule has 2 aromatic rings. The monoisotopic (exact) mass is 378 g/mol. The molecule has 0 radical (unpaired) electrons. The Morgan fingerprint density at radius 3 is 2.26 bits per heavy atom. The third-order valence-corrected chi connectivity index (χ3v) is 4.34. The fourth-order valence-electron chi connectivity index (χ4n) is 2.13. The van der Waals surface area contributed by atoms with Crippen molar-refractivity contribution in [2.45, 2.75) is 20.3 Å². The summed E-state index contributed by atoms with van der Waals surface area (Å²) in [7, 11) is 3.13. The predicted molar refractivity (Wildman–Crippen MR) is 92.5 cm³/mol. The molecular weight excluding hydrogens is 360 g/mol. The summed E-state index contributed by atoms with van der Waals surface area (Å²) in [6.07, 6.45) is 0.133. The van der Waals surface area contributed by atoms with Gasteiger partial charge in [0.05, 0.1) is 20.6 Å². The number of rotatable bonds is 5. The predicted octanol–water partition coefficient (Wildman–Crippen LogP) is 4.23. The minimum absolute atomic E-state index is 0.133. The minimum atomic E-state index is -0.332. The lowest BCUT2D eigenvalue weighted by Gasteiger charge is -2.12. The number of benzene rings is 2. The van der Waals surface area contributed by atoms with E-state index in [1.807, 2.05) is 26.0 Å². The number of ether oxygens (including phenoxy) is 3. The zero-order valence-electron chi connectivity index (χ0n) is 13.6. The van der Waals surface area contributed by atoms with E-state index in [-0.39, 0.29) is 12.4 Å². The second-order valence-corrected chi connectivity index (χ2v) is 6.05. The summed E-state index contributed by atoms with van der Waals surface area (Å²) in [6.45, 7) is 4.00. The summed E-state index contributed by atoms with van der Waals surface area (Å²) in [5.41, 5.74) is 3.02. The Labute approximate surface area is 144 Å². The van der Waals surface area contributed by atoms with Crippen LogP contribution in [-0.4, -0.2) is 20.2 Å². The summed E-state index contributed by atoms with van der Waals surface area (Å²) in [4.78, 5) is 12.2. The molecule has 0 bridgehead atoms. The number of hydrogen-bond donors (Lipinski definition) is 0. The quantitative estimate of drug-likeness (QED) is 0.576. The summed E-state index contributed by atoms with van der Waals surface area (Å²) in [5.74, 6) is 1.39. The van der Waals surface area contributed by atoms with E-state index in [1.54, 1.807) is 32.4 Å². The van der Waals surface area contributed by atoms with Crippen molar-refractivity contribution in [2.75, 3.05) is 14.2 Å². The van der Waals surface area contributed by atoms with Gasteiger partial charge in [0, 0.05) is 4.47 Å². The molecule has 122 valence electrons. The first-order valence-electron chi connectivity index (χ1n) is 7.13. The van der Waals surface area contributed by atoms with E-state index in [2.05, 4.69) is 15.9 Å². The van der Waals surface area contributed by atoms with Crippen LogP contribution in [0.1, 0.15) is 16.7 Å². The van der Waals surface area contributed by atoms with E-state index in [0.29, 0.717) is 17.2 Å². The van der Waals surface area contributed by atoms with Gasteiger partial charge in [0.2, 0.25) is 0 Å². The van der Waals surface area contributed by atoms with Crippen LogP contribution in [0.25, 0.3) is 0 Å². The smallest absolute Gasteiger partial charge is 0.315 e. The highest BCUT2D eigenvalue weighted by Gasteiger charge is 2.14. The van der Waals surface area contributed by atoms with E-state index in [0.717, 1.165) is 21.2 Å². The average Bonchev–Trinajstić information content (AvgIpc) is 2.52. The highest BCUT2D eigenvalue weighted by atomic mass is 79.9. The molecule has 0 N–H and O–H groups in total. The number of methoxy groups -OCH3 is 2. The fourth-order valence-corrected chi connectivity index (χ4v) is 2.59. The molecule has 0 fully saturated rings. The SMILES string of the molecule is COc1cc(Br)c(CC(=O)Oc2ccc(C)c(C)c2)cc1OC. The van der Waals surface area contributed by atoms with Crippen molar-refractivity contribution in [1.82, 2.24) is 0 Å². The lowest BCUT2D eigenvalue weighted by atomic mass is 10.1. The molecule has 4 nitrogen and oxygen atoms in total. The van der Waals surface area contributed by atoms with Gasteiger partial charge in [-0.2, -0.15) is 0 Å². The van der Waals surface area contributed by atoms with Gasteiger partial charge in [0.15, 0.2) is 11.5 Å². The zero-order chi connectivity index (χ0) is 17.0. The standard InChI is InChI=1S/C18H19BrO4/c1-11-5-6-14(7-12(11)2)23-18(20)9-13-8-16(21-3)17(22-4)10-15(13)19/h5-8,10H,9H2,1-4H3. The van der Waals surface area contributed by atoms with Crippen LogP contribution in [-0.2, 0) is 11.2 Å². The average molecular weight is 379 g/mol. The molecule has 2 aromatic carbocycles. The maximum Gasteiger partial charge on any atom is 0.315 e. The Hall–Kier alpha value is -2.01. The second-order valence-electron chi connectivity index (χ2n) is 5.20. The van der Waals surface area contributed by atoms with E-state index in [4.69, 9.17) is 14.2 Å². The summed E-state index contributed by atoms with van der Waals surface area (Å²) >= 11 is 3.44. The van der Waals surface area contributed by atoms with E-state index < -0.39 is 0 Å². The van der Waals surface area contributed by atoms with Crippen LogP contribution < -0.4 is 14.2 Å².